The van der Waals surface area contributed by atoms with Gasteiger partial charge < -0.3 is 4.74 Å². The lowest BCUT2D eigenvalue weighted by molar-refractivity contribution is -0.153. The van der Waals surface area contributed by atoms with Gasteiger partial charge in [-0.05, 0) is 5.92 Å². The Morgan fingerprint density at radius 1 is 1.65 bits per heavy atom. The Kier molecular flexibility index (Phi) is 4.75. The number of ether oxygens (including phenoxy) is 1. The molecule has 1 aliphatic rings. The van der Waals surface area contributed by atoms with Crippen LogP contribution in [0.2, 0.25) is 0 Å². The van der Waals surface area contributed by atoms with E-state index < -0.39 is 11.6 Å². The van der Waals surface area contributed by atoms with Crippen molar-refractivity contribution in [3.63, 3.8) is 0 Å². The van der Waals surface area contributed by atoms with Gasteiger partial charge in [0.25, 0.3) is 0 Å². The zero-order valence-corrected chi connectivity index (χ0v) is 13.0. The minimum absolute atomic E-state index is 0.108. The number of nitrogens with zero attached hydrogens (tertiary/aromatic N) is 2. The zero-order chi connectivity index (χ0) is 14.8. The molecule has 0 aliphatic carbocycles. The Labute approximate surface area is 123 Å². The van der Waals surface area contributed by atoms with Crippen LogP contribution in [0, 0.1) is 5.92 Å². The standard InChI is InChI=1S/C14H21FN2O2S/c1-10(2)6-12-16-7-11(20-12)8-17-5-4-14(15,9-17)13(18)19-3/h7,10H,4-6,8-9H2,1-3H3/t14-/m0/s1. The fourth-order valence-electron chi connectivity index (χ4n) is 2.42. The summed E-state index contributed by atoms with van der Waals surface area (Å²) in [6.07, 6.45) is 3.04. The summed E-state index contributed by atoms with van der Waals surface area (Å²) in [5, 5.41) is 1.12. The number of methoxy groups -OCH3 is 1. The molecule has 0 unspecified atom stereocenters. The van der Waals surface area contributed by atoms with Crippen LogP contribution in [0.5, 0.6) is 0 Å². The molecule has 1 fully saturated rings. The molecule has 0 radical (unpaired) electrons. The van der Waals surface area contributed by atoms with Crippen molar-refractivity contribution in [1.82, 2.24) is 9.88 Å². The maximum Gasteiger partial charge on any atom is 0.345 e. The maximum atomic E-state index is 14.3. The molecule has 0 saturated carbocycles. The van der Waals surface area contributed by atoms with Gasteiger partial charge >= 0.3 is 5.97 Å². The Morgan fingerprint density at radius 2 is 2.40 bits per heavy atom. The second-order valence-corrected chi connectivity index (χ2v) is 6.94. The number of carbonyl (C=O) groups is 1. The molecule has 6 heteroatoms. The molecular weight excluding hydrogens is 279 g/mol. The summed E-state index contributed by atoms with van der Waals surface area (Å²) in [6, 6.07) is 0. The normalized spacial score (nSPS) is 23.4. The van der Waals surface area contributed by atoms with Gasteiger partial charge in [0.15, 0.2) is 0 Å². The smallest absolute Gasteiger partial charge is 0.345 e. The van der Waals surface area contributed by atoms with Crippen molar-refractivity contribution >= 4 is 17.3 Å². The number of rotatable bonds is 5. The first-order valence-corrected chi connectivity index (χ1v) is 7.68. The summed E-state index contributed by atoms with van der Waals surface area (Å²) in [5.74, 6) is -0.177. The van der Waals surface area contributed by atoms with Crippen LogP contribution in [-0.4, -0.2) is 41.7 Å². The predicted octanol–water partition coefficient (Wildman–Crippen LogP) is 2.43. The second-order valence-electron chi connectivity index (χ2n) is 5.74. The third-order valence-electron chi connectivity index (χ3n) is 3.41. The van der Waals surface area contributed by atoms with Crippen LogP contribution >= 0.6 is 11.3 Å². The molecule has 0 N–H and O–H groups in total. The van der Waals surface area contributed by atoms with Gasteiger partial charge in [-0.15, -0.1) is 11.3 Å². The number of esters is 1. The average molecular weight is 300 g/mol. The van der Waals surface area contributed by atoms with E-state index in [0.717, 1.165) is 16.3 Å². The molecule has 20 heavy (non-hydrogen) atoms. The Morgan fingerprint density at radius 3 is 3.05 bits per heavy atom. The summed E-state index contributed by atoms with van der Waals surface area (Å²) < 4.78 is 18.8. The molecule has 1 aromatic rings. The summed E-state index contributed by atoms with van der Waals surface area (Å²) >= 11 is 1.67. The van der Waals surface area contributed by atoms with Crippen molar-refractivity contribution in [2.45, 2.75) is 38.9 Å². The van der Waals surface area contributed by atoms with E-state index in [-0.39, 0.29) is 13.0 Å². The molecule has 0 bridgehead atoms. The van der Waals surface area contributed by atoms with Crippen molar-refractivity contribution < 1.29 is 13.9 Å². The summed E-state index contributed by atoms with van der Waals surface area (Å²) in [4.78, 5) is 18.9. The van der Waals surface area contributed by atoms with E-state index in [4.69, 9.17) is 0 Å². The quantitative estimate of drug-likeness (QED) is 0.783. The van der Waals surface area contributed by atoms with Gasteiger partial charge in [0.2, 0.25) is 5.67 Å². The van der Waals surface area contributed by atoms with E-state index in [2.05, 4.69) is 23.6 Å². The molecule has 4 nitrogen and oxygen atoms in total. The number of aromatic nitrogens is 1. The molecular formula is C14H21FN2O2S. The Balaban J connectivity index is 1.92. The van der Waals surface area contributed by atoms with E-state index in [1.54, 1.807) is 11.3 Å². The third-order valence-corrected chi connectivity index (χ3v) is 4.42. The van der Waals surface area contributed by atoms with Crippen LogP contribution in [-0.2, 0) is 22.5 Å². The van der Waals surface area contributed by atoms with E-state index >= 15 is 0 Å². The lowest BCUT2D eigenvalue weighted by atomic mass is 10.1. The van der Waals surface area contributed by atoms with E-state index in [9.17, 15) is 9.18 Å². The molecule has 0 amide bonds. The maximum absolute atomic E-state index is 14.3. The van der Waals surface area contributed by atoms with Crippen molar-refractivity contribution in [1.29, 1.82) is 0 Å². The topological polar surface area (TPSA) is 42.4 Å². The van der Waals surface area contributed by atoms with Gasteiger partial charge in [-0.2, -0.15) is 0 Å². The average Bonchev–Trinajstić information content (AvgIpc) is 2.96. The molecule has 1 saturated heterocycles. The zero-order valence-electron chi connectivity index (χ0n) is 12.2. The number of carbonyl (C=O) groups excluding carboxylic acids is 1. The minimum atomic E-state index is -1.85. The predicted molar refractivity (Wildman–Crippen MR) is 76.4 cm³/mol. The summed E-state index contributed by atoms with van der Waals surface area (Å²) in [5.41, 5.74) is -1.85. The molecule has 112 valence electrons. The highest BCUT2D eigenvalue weighted by Crippen LogP contribution is 2.29. The first-order valence-electron chi connectivity index (χ1n) is 6.86. The number of likely N-dealkylation sites (tertiary alicyclic amines) is 1. The largest absolute Gasteiger partial charge is 0.467 e. The molecule has 2 heterocycles. The van der Waals surface area contributed by atoms with E-state index in [1.807, 2.05) is 11.1 Å². The first-order chi connectivity index (χ1) is 9.43. The lowest BCUT2D eigenvalue weighted by Gasteiger charge is -2.17. The van der Waals surface area contributed by atoms with Gasteiger partial charge in [0, 0.05) is 43.5 Å². The van der Waals surface area contributed by atoms with Crippen LogP contribution in [0.15, 0.2) is 6.20 Å². The Hall–Kier alpha value is -1.01. The minimum Gasteiger partial charge on any atom is -0.467 e. The summed E-state index contributed by atoms with van der Waals surface area (Å²) in [7, 11) is 1.23. The Bertz CT molecular complexity index is 477. The van der Waals surface area contributed by atoms with Gasteiger partial charge in [-0.3, -0.25) is 4.90 Å². The van der Waals surface area contributed by atoms with Crippen LogP contribution in [0.4, 0.5) is 4.39 Å². The number of thiazole rings is 1. The van der Waals surface area contributed by atoms with Crippen LogP contribution in [0.3, 0.4) is 0 Å². The monoisotopic (exact) mass is 300 g/mol. The fraction of sp³-hybridized carbons (Fsp3) is 0.714. The van der Waals surface area contributed by atoms with Crippen molar-refractivity contribution in [3.8, 4) is 0 Å². The third kappa shape index (κ3) is 3.55. The molecule has 0 aromatic carbocycles. The number of hydrogen-bond donors (Lipinski definition) is 0. The highest BCUT2D eigenvalue weighted by molar-refractivity contribution is 7.11. The van der Waals surface area contributed by atoms with Crippen molar-refractivity contribution in [2.24, 2.45) is 5.92 Å². The van der Waals surface area contributed by atoms with Gasteiger partial charge in [-0.1, -0.05) is 13.8 Å². The highest BCUT2D eigenvalue weighted by atomic mass is 32.1. The van der Waals surface area contributed by atoms with E-state index in [0.29, 0.717) is 19.0 Å². The van der Waals surface area contributed by atoms with Gasteiger partial charge in [-0.25, -0.2) is 14.2 Å². The SMILES string of the molecule is COC(=O)[C@]1(F)CCN(Cc2cnc(CC(C)C)s2)C1. The summed E-state index contributed by atoms with van der Waals surface area (Å²) in [6.45, 7) is 5.66. The number of alkyl halides is 1. The molecule has 0 spiro atoms. The van der Waals surface area contributed by atoms with Crippen LogP contribution in [0.25, 0.3) is 0 Å². The molecule has 1 atom stereocenters. The van der Waals surface area contributed by atoms with Crippen LogP contribution < -0.4 is 0 Å². The van der Waals surface area contributed by atoms with Gasteiger partial charge in [0.1, 0.15) is 0 Å². The van der Waals surface area contributed by atoms with Crippen LogP contribution in [0.1, 0.15) is 30.2 Å². The van der Waals surface area contributed by atoms with E-state index in [1.165, 1.54) is 7.11 Å². The highest BCUT2D eigenvalue weighted by Gasteiger charge is 2.46. The lowest BCUT2D eigenvalue weighted by Crippen LogP contribution is -2.37. The van der Waals surface area contributed by atoms with Crippen molar-refractivity contribution in [2.75, 3.05) is 20.2 Å². The second kappa shape index (κ2) is 6.18. The molecule has 2 rings (SSSR count). The molecule has 1 aromatic heterocycles. The fourth-order valence-corrected chi connectivity index (χ4v) is 3.59. The number of hydrogen-bond acceptors (Lipinski definition) is 5. The first kappa shape index (κ1) is 15.4. The molecule has 1 aliphatic heterocycles. The van der Waals surface area contributed by atoms with Crippen molar-refractivity contribution in [3.05, 3.63) is 16.1 Å². The number of halogens is 1. The van der Waals surface area contributed by atoms with Gasteiger partial charge in [0.05, 0.1) is 12.1 Å².